The summed E-state index contributed by atoms with van der Waals surface area (Å²) < 4.78 is 5.87. The van der Waals surface area contributed by atoms with E-state index in [9.17, 15) is 0 Å². The zero-order chi connectivity index (χ0) is 14.0. The molecule has 0 unspecified atom stereocenters. The first-order valence-corrected chi connectivity index (χ1v) is 8.25. The quantitative estimate of drug-likeness (QED) is 0.886. The normalized spacial score (nSPS) is 19.9. The van der Waals surface area contributed by atoms with Crippen molar-refractivity contribution in [2.45, 2.75) is 45.4 Å². The molecule has 3 heteroatoms. The first kappa shape index (κ1) is 14.2. The van der Waals surface area contributed by atoms with Crippen molar-refractivity contribution in [1.82, 2.24) is 5.32 Å². The smallest absolute Gasteiger partial charge is 0.125 e. The summed E-state index contributed by atoms with van der Waals surface area (Å²) in [6.07, 6.45) is 7.46. The average molecular weight is 294 g/mol. The molecule has 0 radical (unpaired) electrons. The van der Waals surface area contributed by atoms with E-state index < -0.39 is 0 Å². The highest BCUT2D eigenvalue weighted by Gasteiger charge is 2.35. The van der Waals surface area contributed by atoms with Gasteiger partial charge in [0.25, 0.3) is 0 Å². The van der Waals surface area contributed by atoms with E-state index >= 15 is 0 Å². The Hall–Kier alpha value is -0.730. The van der Waals surface area contributed by atoms with Gasteiger partial charge in [-0.3, -0.25) is 0 Å². The highest BCUT2D eigenvalue weighted by Crippen LogP contribution is 2.44. The molecule has 1 aliphatic heterocycles. The molecule has 0 atom stereocenters. The van der Waals surface area contributed by atoms with Gasteiger partial charge in [-0.1, -0.05) is 31.4 Å². The number of hydrogen-bond acceptors (Lipinski definition) is 2. The number of hydrogen-bond donors (Lipinski definition) is 1. The van der Waals surface area contributed by atoms with Gasteiger partial charge in [0, 0.05) is 18.0 Å². The van der Waals surface area contributed by atoms with Crippen LogP contribution in [0.4, 0.5) is 0 Å². The van der Waals surface area contributed by atoms with Crippen LogP contribution in [-0.4, -0.2) is 19.7 Å². The Kier molecular flexibility index (Phi) is 4.23. The SMILES string of the molecule is CCNCC1(Cc2cc(Cl)cc3c2OCC3)CCCC1. The zero-order valence-corrected chi connectivity index (χ0v) is 13.1. The molecule has 20 heavy (non-hydrogen) atoms. The fraction of sp³-hybridized carbons (Fsp3) is 0.647. The molecule has 3 rings (SSSR count). The van der Waals surface area contributed by atoms with E-state index in [2.05, 4.69) is 24.4 Å². The van der Waals surface area contributed by atoms with Crippen molar-refractivity contribution in [2.24, 2.45) is 5.41 Å². The molecule has 1 aliphatic carbocycles. The molecular weight excluding hydrogens is 270 g/mol. The molecule has 1 saturated carbocycles. The number of rotatable bonds is 5. The minimum absolute atomic E-state index is 0.403. The van der Waals surface area contributed by atoms with Gasteiger partial charge < -0.3 is 10.1 Å². The Balaban J connectivity index is 1.85. The Labute approximate surface area is 126 Å². The summed E-state index contributed by atoms with van der Waals surface area (Å²) in [5.74, 6) is 1.12. The van der Waals surface area contributed by atoms with E-state index in [0.29, 0.717) is 5.41 Å². The fourth-order valence-corrected chi connectivity index (χ4v) is 4.08. The molecular formula is C17H24ClNO. The first-order valence-electron chi connectivity index (χ1n) is 7.87. The minimum Gasteiger partial charge on any atom is -0.493 e. The molecule has 1 heterocycles. The maximum absolute atomic E-state index is 6.29. The van der Waals surface area contributed by atoms with Gasteiger partial charge in [-0.15, -0.1) is 0 Å². The fourth-order valence-electron chi connectivity index (χ4n) is 3.81. The average Bonchev–Trinajstić information content (AvgIpc) is 3.06. The Bertz CT molecular complexity index is 480. The van der Waals surface area contributed by atoms with Crippen LogP contribution in [0, 0.1) is 5.41 Å². The first-order chi connectivity index (χ1) is 9.72. The van der Waals surface area contributed by atoms with Gasteiger partial charge in [0.1, 0.15) is 5.75 Å². The molecule has 0 saturated heterocycles. The van der Waals surface area contributed by atoms with Crippen molar-refractivity contribution >= 4 is 11.6 Å². The second-order valence-electron chi connectivity index (χ2n) is 6.32. The van der Waals surface area contributed by atoms with Gasteiger partial charge in [-0.2, -0.15) is 0 Å². The van der Waals surface area contributed by atoms with Gasteiger partial charge in [0.2, 0.25) is 0 Å². The second kappa shape index (κ2) is 5.95. The second-order valence-corrected chi connectivity index (χ2v) is 6.75. The Morgan fingerprint density at radius 3 is 2.85 bits per heavy atom. The number of halogens is 1. The molecule has 1 aromatic carbocycles. The lowest BCUT2D eigenvalue weighted by molar-refractivity contribution is 0.274. The molecule has 0 amide bonds. The van der Waals surface area contributed by atoms with Crippen molar-refractivity contribution < 1.29 is 4.74 Å². The van der Waals surface area contributed by atoms with E-state index in [1.807, 2.05) is 0 Å². The van der Waals surface area contributed by atoms with Crippen molar-refractivity contribution in [1.29, 1.82) is 0 Å². The molecule has 1 N–H and O–H groups in total. The highest BCUT2D eigenvalue weighted by atomic mass is 35.5. The maximum Gasteiger partial charge on any atom is 0.125 e. The van der Waals surface area contributed by atoms with Gasteiger partial charge in [0.05, 0.1) is 6.61 Å². The predicted molar refractivity (Wildman–Crippen MR) is 83.8 cm³/mol. The topological polar surface area (TPSA) is 21.3 Å². The van der Waals surface area contributed by atoms with Gasteiger partial charge in [-0.05, 0) is 54.5 Å². The van der Waals surface area contributed by atoms with Crippen LogP contribution in [0.15, 0.2) is 12.1 Å². The summed E-state index contributed by atoms with van der Waals surface area (Å²) in [6.45, 7) is 5.16. The minimum atomic E-state index is 0.403. The summed E-state index contributed by atoms with van der Waals surface area (Å²) in [5, 5.41) is 4.42. The van der Waals surface area contributed by atoms with Crippen molar-refractivity contribution in [3.05, 3.63) is 28.3 Å². The molecule has 110 valence electrons. The van der Waals surface area contributed by atoms with Crippen molar-refractivity contribution in [3.8, 4) is 5.75 Å². The summed E-state index contributed by atoms with van der Waals surface area (Å²) in [4.78, 5) is 0. The molecule has 0 bridgehead atoms. The predicted octanol–water partition coefficient (Wildman–Crippen LogP) is 3.99. The van der Waals surface area contributed by atoms with Crippen LogP contribution in [0.25, 0.3) is 0 Å². The van der Waals surface area contributed by atoms with Crippen LogP contribution in [0.5, 0.6) is 5.75 Å². The van der Waals surface area contributed by atoms with E-state index in [-0.39, 0.29) is 0 Å². The number of nitrogens with one attached hydrogen (secondary N) is 1. The molecule has 2 nitrogen and oxygen atoms in total. The van der Waals surface area contributed by atoms with Crippen LogP contribution < -0.4 is 10.1 Å². The van der Waals surface area contributed by atoms with E-state index in [1.165, 1.54) is 36.8 Å². The van der Waals surface area contributed by atoms with Crippen molar-refractivity contribution in [3.63, 3.8) is 0 Å². The van der Waals surface area contributed by atoms with Crippen LogP contribution >= 0.6 is 11.6 Å². The van der Waals surface area contributed by atoms with E-state index in [4.69, 9.17) is 16.3 Å². The number of benzene rings is 1. The zero-order valence-electron chi connectivity index (χ0n) is 12.3. The Morgan fingerprint density at radius 1 is 1.30 bits per heavy atom. The third-order valence-corrected chi connectivity index (χ3v) is 5.02. The van der Waals surface area contributed by atoms with Gasteiger partial charge >= 0.3 is 0 Å². The largest absolute Gasteiger partial charge is 0.493 e. The van der Waals surface area contributed by atoms with E-state index in [1.54, 1.807) is 0 Å². The van der Waals surface area contributed by atoms with Crippen LogP contribution in [0.1, 0.15) is 43.7 Å². The summed E-state index contributed by atoms with van der Waals surface area (Å²) in [5.41, 5.74) is 3.02. The van der Waals surface area contributed by atoms with Crippen LogP contribution in [0.3, 0.4) is 0 Å². The highest BCUT2D eigenvalue weighted by molar-refractivity contribution is 6.30. The van der Waals surface area contributed by atoms with Crippen molar-refractivity contribution in [2.75, 3.05) is 19.7 Å². The maximum atomic E-state index is 6.29. The summed E-state index contributed by atoms with van der Waals surface area (Å²) in [6, 6.07) is 4.19. The summed E-state index contributed by atoms with van der Waals surface area (Å²) in [7, 11) is 0. The standard InChI is InChI=1S/C17H24ClNO/c1-2-19-12-17(6-3-4-7-17)11-14-10-15(18)9-13-5-8-20-16(13)14/h9-10,19H,2-8,11-12H2,1H3. The monoisotopic (exact) mass is 293 g/mol. The van der Waals surface area contributed by atoms with E-state index in [0.717, 1.165) is 43.3 Å². The van der Waals surface area contributed by atoms with Gasteiger partial charge in [-0.25, -0.2) is 0 Å². The third-order valence-electron chi connectivity index (χ3n) is 4.81. The molecule has 1 aromatic rings. The van der Waals surface area contributed by atoms with Gasteiger partial charge in [0.15, 0.2) is 0 Å². The molecule has 2 aliphatic rings. The number of ether oxygens (including phenoxy) is 1. The van der Waals surface area contributed by atoms with Crippen LogP contribution in [-0.2, 0) is 12.8 Å². The lowest BCUT2D eigenvalue weighted by Crippen LogP contribution is -2.34. The lowest BCUT2D eigenvalue weighted by atomic mass is 9.79. The molecule has 0 spiro atoms. The Morgan fingerprint density at radius 2 is 2.10 bits per heavy atom. The molecule has 1 fully saturated rings. The van der Waals surface area contributed by atoms with Crippen LogP contribution in [0.2, 0.25) is 5.02 Å². The number of fused-ring (bicyclic) bond motifs is 1. The third kappa shape index (κ3) is 2.82. The lowest BCUT2D eigenvalue weighted by Gasteiger charge is -2.30. The summed E-state index contributed by atoms with van der Waals surface area (Å²) >= 11 is 6.29. The molecule has 0 aromatic heterocycles.